The van der Waals surface area contributed by atoms with Crippen LogP contribution in [-0.2, 0) is 14.3 Å². The molecule has 1 heterocycles. The lowest BCUT2D eigenvalue weighted by Crippen LogP contribution is -2.66. The maximum absolute atomic E-state index is 11.7. The molecule has 1 saturated carbocycles. The van der Waals surface area contributed by atoms with Crippen LogP contribution in [0.4, 0.5) is 0 Å². The fraction of sp³-hybridized carbons (Fsp3) is 0.929. The normalized spacial score (nSPS) is 26.4. The Balaban J connectivity index is 1.97. The van der Waals surface area contributed by atoms with Gasteiger partial charge in [0.2, 0.25) is 0 Å². The van der Waals surface area contributed by atoms with Gasteiger partial charge in [-0.1, -0.05) is 25.7 Å². The van der Waals surface area contributed by atoms with Crippen LogP contribution in [0, 0.1) is 5.41 Å². The van der Waals surface area contributed by atoms with E-state index in [4.69, 9.17) is 9.47 Å². The lowest BCUT2D eigenvalue weighted by Gasteiger charge is -2.50. The molecule has 2 rings (SSSR count). The van der Waals surface area contributed by atoms with Crippen molar-refractivity contribution in [2.24, 2.45) is 5.41 Å². The lowest BCUT2D eigenvalue weighted by molar-refractivity contribution is -0.279. The standard InChI is InChI=1S/C14H25NO4/c1-18-14(19-2)10-15(11-14)9-13(12(16)17)7-5-3-4-6-8-13/h3-11H2,1-2H3,(H,16,17). The molecule has 1 saturated heterocycles. The molecule has 5 nitrogen and oxygen atoms in total. The number of carboxylic acids is 1. The third-order valence-electron chi connectivity index (χ3n) is 4.71. The van der Waals surface area contributed by atoms with E-state index in [1.807, 2.05) is 0 Å². The van der Waals surface area contributed by atoms with Crippen LogP contribution in [0.5, 0.6) is 0 Å². The summed E-state index contributed by atoms with van der Waals surface area (Å²) in [5.74, 6) is -1.16. The summed E-state index contributed by atoms with van der Waals surface area (Å²) in [5.41, 5.74) is -0.565. The number of hydrogen-bond donors (Lipinski definition) is 1. The van der Waals surface area contributed by atoms with Gasteiger partial charge in [-0.2, -0.15) is 0 Å². The highest BCUT2D eigenvalue weighted by Crippen LogP contribution is 2.38. The van der Waals surface area contributed by atoms with Crippen molar-refractivity contribution >= 4 is 5.97 Å². The van der Waals surface area contributed by atoms with E-state index in [1.165, 1.54) is 0 Å². The molecule has 19 heavy (non-hydrogen) atoms. The van der Waals surface area contributed by atoms with Gasteiger partial charge in [0, 0.05) is 20.8 Å². The van der Waals surface area contributed by atoms with Gasteiger partial charge in [-0.25, -0.2) is 0 Å². The summed E-state index contributed by atoms with van der Waals surface area (Å²) in [6.45, 7) is 1.95. The Morgan fingerprint density at radius 3 is 2.05 bits per heavy atom. The van der Waals surface area contributed by atoms with E-state index < -0.39 is 17.2 Å². The van der Waals surface area contributed by atoms with Gasteiger partial charge in [0.15, 0.2) is 5.79 Å². The molecular formula is C14H25NO4. The molecule has 0 radical (unpaired) electrons. The predicted molar refractivity (Wildman–Crippen MR) is 71.0 cm³/mol. The van der Waals surface area contributed by atoms with Gasteiger partial charge >= 0.3 is 5.97 Å². The highest BCUT2D eigenvalue weighted by Gasteiger charge is 2.49. The molecule has 2 fully saturated rings. The Morgan fingerprint density at radius 1 is 1.11 bits per heavy atom. The number of hydrogen-bond acceptors (Lipinski definition) is 4. The Hall–Kier alpha value is -0.650. The van der Waals surface area contributed by atoms with Crippen LogP contribution in [0.1, 0.15) is 38.5 Å². The van der Waals surface area contributed by atoms with Gasteiger partial charge in [0.1, 0.15) is 0 Å². The molecule has 0 atom stereocenters. The van der Waals surface area contributed by atoms with Gasteiger partial charge < -0.3 is 14.6 Å². The molecule has 110 valence electrons. The van der Waals surface area contributed by atoms with E-state index in [9.17, 15) is 9.90 Å². The summed E-state index contributed by atoms with van der Waals surface area (Å²) in [7, 11) is 3.28. The Bertz CT molecular complexity index is 311. The highest BCUT2D eigenvalue weighted by molar-refractivity contribution is 5.75. The van der Waals surface area contributed by atoms with E-state index in [-0.39, 0.29) is 0 Å². The summed E-state index contributed by atoms with van der Waals surface area (Å²) >= 11 is 0. The third kappa shape index (κ3) is 2.93. The van der Waals surface area contributed by atoms with Crippen molar-refractivity contribution in [2.75, 3.05) is 33.9 Å². The second-order valence-electron chi connectivity index (χ2n) is 5.96. The largest absolute Gasteiger partial charge is 0.481 e. The number of carbonyl (C=O) groups is 1. The number of carboxylic acid groups (broad SMARTS) is 1. The number of aliphatic carboxylic acids is 1. The molecule has 2 aliphatic rings. The van der Waals surface area contributed by atoms with Crippen LogP contribution in [-0.4, -0.2) is 55.6 Å². The Morgan fingerprint density at radius 2 is 1.63 bits per heavy atom. The van der Waals surface area contributed by atoms with Crippen LogP contribution >= 0.6 is 0 Å². The number of nitrogens with zero attached hydrogens (tertiary/aromatic N) is 1. The van der Waals surface area contributed by atoms with Crippen molar-refractivity contribution < 1.29 is 19.4 Å². The monoisotopic (exact) mass is 271 g/mol. The summed E-state index contributed by atoms with van der Waals surface area (Å²) in [6, 6.07) is 0. The minimum absolute atomic E-state index is 0.523. The zero-order valence-corrected chi connectivity index (χ0v) is 12.0. The molecule has 0 spiro atoms. The molecule has 5 heteroatoms. The molecule has 0 aromatic heterocycles. The van der Waals surface area contributed by atoms with Crippen LogP contribution in [0.25, 0.3) is 0 Å². The third-order valence-corrected chi connectivity index (χ3v) is 4.71. The fourth-order valence-electron chi connectivity index (χ4n) is 3.36. The molecule has 1 aliphatic carbocycles. The summed E-state index contributed by atoms with van der Waals surface area (Å²) in [5, 5.41) is 9.64. The van der Waals surface area contributed by atoms with Crippen molar-refractivity contribution in [1.82, 2.24) is 4.90 Å². The van der Waals surface area contributed by atoms with Gasteiger partial charge in [-0.3, -0.25) is 9.69 Å². The van der Waals surface area contributed by atoms with E-state index in [0.29, 0.717) is 19.6 Å². The van der Waals surface area contributed by atoms with E-state index in [1.54, 1.807) is 14.2 Å². The first kappa shape index (κ1) is 14.8. The molecule has 0 aromatic carbocycles. The second-order valence-corrected chi connectivity index (χ2v) is 5.96. The van der Waals surface area contributed by atoms with Crippen LogP contribution < -0.4 is 0 Å². The van der Waals surface area contributed by atoms with Crippen LogP contribution in [0.3, 0.4) is 0 Å². The summed E-state index contributed by atoms with van der Waals surface area (Å²) in [6.07, 6.45) is 5.97. The molecule has 1 N–H and O–H groups in total. The van der Waals surface area contributed by atoms with Gasteiger partial charge in [-0.05, 0) is 12.8 Å². The molecule has 0 unspecified atom stereocenters. The number of rotatable bonds is 5. The molecule has 0 aromatic rings. The average molecular weight is 271 g/mol. The summed E-state index contributed by atoms with van der Waals surface area (Å²) in [4.78, 5) is 13.9. The van der Waals surface area contributed by atoms with E-state index >= 15 is 0 Å². The Kier molecular flexibility index (Phi) is 4.48. The molecule has 1 aliphatic heterocycles. The van der Waals surface area contributed by atoms with Crippen LogP contribution in [0.15, 0.2) is 0 Å². The van der Waals surface area contributed by atoms with Gasteiger partial charge in [-0.15, -0.1) is 0 Å². The minimum Gasteiger partial charge on any atom is -0.481 e. The SMILES string of the molecule is COC1(OC)CN(CC2(C(=O)O)CCCCCC2)C1. The van der Waals surface area contributed by atoms with Crippen molar-refractivity contribution in [3.05, 3.63) is 0 Å². The van der Waals surface area contributed by atoms with Gasteiger partial charge in [0.05, 0.1) is 18.5 Å². The first-order chi connectivity index (χ1) is 9.06. The van der Waals surface area contributed by atoms with Crippen molar-refractivity contribution in [3.63, 3.8) is 0 Å². The maximum Gasteiger partial charge on any atom is 0.310 e. The zero-order chi connectivity index (χ0) is 13.9. The van der Waals surface area contributed by atoms with Crippen LogP contribution in [0.2, 0.25) is 0 Å². The van der Waals surface area contributed by atoms with E-state index in [2.05, 4.69) is 4.90 Å². The quantitative estimate of drug-likeness (QED) is 0.609. The fourth-order valence-corrected chi connectivity index (χ4v) is 3.36. The molecule has 0 bridgehead atoms. The number of likely N-dealkylation sites (tertiary alicyclic amines) is 1. The molecular weight excluding hydrogens is 246 g/mol. The average Bonchev–Trinajstić information content (AvgIpc) is 2.60. The van der Waals surface area contributed by atoms with E-state index in [0.717, 1.165) is 38.5 Å². The smallest absolute Gasteiger partial charge is 0.310 e. The van der Waals surface area contributed by atoms with Crippen molar-refractivity contribution in [2.45, 2.75) is 44.3 Å². The minimum atomic E-state index is -0.637. The first-order valence-corrected chi connectivity index (χ1v) is 7.12. The predicted octanol–water partition coefficient (Wildman–Crippen LogP) is 1.72. The van der Waals surface area contributed by atoms with Crippen molar-refractivity contribution in [3.8, 4) is 0 Å². The topological polar surface area (TPSA) is 59.0 Å². The van der Waals surface area contributed by atoms with Crippen molar-refractivity contribution in [1.29, 1.82) is 0 Å². The zero-order valence-electron chi connectivity index (χ0n) is 12.0. The Labute approximate surface area is 114 Å². The van der Waals surface area contributed by atoms with Gasteiger partial charge in [0.25, 0.3) is 0 Å². The lowest BCUT2D eigenvalue weighted by atomic mass is 9.79. The second kappa shape index (κ2) is 5.77. The first-order valence-electron chi connectivity index (χ1n) is 7.12. The maximum atomic E-state index is 11.7. The number of methoxy groups -OCH3 is 2. The molecule has 0 amide bonds. The summed E-state index contributed by atoms with van der Waals surface area (Å²) < 4.78 is 10.7. The highest BCUT2D eigenvalue weighted by atomic mass is 16.7. The number of ether oxygens (including phenoxy) is 2.